The first-order chi connectivity index (χ1) is 11.7. The fourth-order valence-electron chi connectivity index (χ4n) is 3.84. The predicted octanol–water partition coefficient (Wildman–Crippen LogP) is 3.39. The predicted molar refractivity (Wildman–Crippen MR) is 95.9 cm³/mol. The van der Waals surface area contributed by atoms with Crippen LogP contribution in [-0.4, -0.2) is 36.3 Å². The van der Waals surface area contributed by atoms with Crippen molar-refractivity contribution in [3.05, 3.63) is 29.8 Å². The second-order valence-corrected chi connectivity index (χ2v) is 6.98. The van der Waals surface area contributed by atoms with Crippen molar-refractivity contribution in [1.29, 1.82) is 0 Å². The van der Waals surface area contributed by atoms with Crippen molar-refractivity contribution in [3.63, 3.8) is 0 Å². The quantitative estimate of drug-likeness (QED) is 0.850. The molecule has 4 heteroatoms. The molecule has 0 radical (unpaired) electrons. The first-order valence-corrected chi connectivity index (χ1v) is 9.37. The Kier molecular flexibility index (Phi) is 5.54. The summed E-state index contributed by atoms with van der Waals surface area (Å²) in [5.74, 6) is 0.570. The third kappa shape index (κ3) is 3.63. The van der Waals surface area contributed by atoms with E-state index in [4.69, 9.17) is 0 Å². The molecule has 2 aliphatic rings. The van der Waals surface area contributed by atoms with Crippen molar-refractivity contribution in [2.75, 3.05) is 24.5 Å². The standard InChI is InChI=1S/C20H28N2O2/c1-2-3-10-19(23)21-14-11-17(12-15-21)20(24)22-13-6-8-16-7-4-5-9-18(16)22/h4-5,7,9,17H,2-3,6,8,10-15H2,1H3. The normalized spacial score (nSPS) is 18.4. The molecule has 0 unspecified atom stereocenters. The maximum Gasteiger partial charge on any atom is 0.230 e. The minimum Gasteiger partial charge on any atom is -0.343 e. The second-order valence-electron chi connectivity index (χ2n) is 6.98. The molecule has 0 bridgehead atoms. The average Bonchev–Trinajstić information content (AvgIpc) is 2.65. The molecular formula is C20H28N2O2. The van der Waals surface area contributed by atoms with Gasteiger partial charge in [0.15, 0.2) is 0 Å². The first-order valence-electron chi connectivity index (χ1n) is 9.37. The van der Waals surface area contributed by atoms with Gasteiger partial charge in [-0.25, -0.2) is 0 Å². The summed E-state index contributed by atoms with van der Waals surface area (Å²) >= 11 is 0. The minimum atomic E-state index is 0.0615. The summed E-state index contributed by atoms with van der Waals surface area (Å²) in [5, 5.41) is 0. The van der Waals surface area contributed by atoms with Crippen LogP contribution in [0.3, 0.4) is 0 Å². The van der Waals surface area contributed by atoms with Gasteiger partial charge in [-0.2, -0.15) is 0 Å². The molecule has 1 fully saturated rings. The van der Waals surface area contributed by atoms with Gasteiger partial charge in [0.2, 0.25) is 11.8 Å². The number of hydrogen-bond donors (Lipinski definition) is 0. The molecule has 0 saturated carbocycles. The molecule has 0 aromatic heterocycles. The van der Waals surface area contributed by atoms with Gasteiger partial charge in [0.25, 0.3) is 0 Å². The molecule has 3 rings (SSSR count). The number of para-hydroxylation sites is 1. The third-order valence-corrected chi connectivity index (χ3v) is 5.32. The Bertz CT molecular complexity index is 591. The van der Waals surface area contributed by atoms with Crippen molar-refractivity contribution in [1.82, 2.24) is 4.90 Å². The highest BCUT2D eigenvalue weighted by Gasteiger charge is 2.32. The van der Waals surface area contributed by atoms with Gasteiger partial charge in [-0.15, -0.1) is 0 Å². The Labute approximate surface area is 144 Å². The average molecular weight is 328 g/mol. The lowest BCUT2D eigenvalue weighted by atomic mass is 9.93. The number of unbranched alkanes of at least 4 members (excludes halogenated alkanes) is 1. The molecule has 1 aromatic rings. The molecule has 2 heterocycles. The summed E-state index contributed by atoms with van der Waals surface area (Å²) in [5.41, 5.74) is 2.37. The van der Waals surface area contributed by atoms with Crippen molar-refractivity contribution in [2.45, 2.75) is 51.9 Å². The van der Waals surface area contributed by atoms with Crippen LogP contribution in [0.2, 0.25) is 0 Å². The van der Waals surface area contributed by atoms with Crippen LogP contribution in [0.15, 0.2) is 24.3 Å². The lowest BCUT2D eigenvalue weighted by Crippen LogP contribution is -2.45. The largest absolute Gasteiger partial charge is 0.343 e. The number of benzene rings is 1. The number of carbonyl (C=O) groups excluding carboxylic acids is 2. The van der Waals surface area contributed by atoms with Crippen LogP contribution in [0.4, 0.5) is 5.69 Å². The fraction of sp³-hybridized carbons (Fsp3) is 0.600. The van der Waals surface area contributed by atoms with Crippen LogP contribution < -0.4 is 4.90 Å². The summed E-state index contributed by atoms with van der Waals surface area (Å²) in [7, 11) is 0. The summed E-state index contributed by atoms with van der Waals surface area (Å²) in [6.07, 6.45) is 6.36. The molecule has 1 saturated heterocycles. The monoisotopic (exact) mass is 328 g/mol. The number of rotatable bonds is 4. The summed E-state index contributed by atoms with van der Waals surface area (Å²) in [6.45, 7) is 4.39. The minimum absolute atomic E-state index is 0.0615. The molecule has 2 aliphatic heterocycles. The summed E-state index contributed by atoms with van der Waals surface area (Å²) < 4.78 is 0. The van der Waals surface area contributed by atoms with Gasteiger partial charge in [-0.3, -0.25) is 9.59 Å². The van der Waals surface area contributed by atoms with Gasteiger partial charge < -0.3 is 9.80 Å². The van der Waals surface area contributed by atoms with Gasteiger partial charge in [0.1, 0.15) is 0 Å². The van der Waals surface area contributed by atoms with Gasteiger partial charge in [-0.1, -0.05) is 31.5 Å². The number of likely N-dealkylation sites (tertiary alicyclic amines) is 1. The lowest BCUT2D eigenvalue weighted by molar-refractivity contribution is -0.135. The highest BCUT2D eigenvalue weighted by molar-refractivity contribution is 5.96. The SMILES string of the molecule is CCCCC(=O)N1CCC(C(=O)N2CCCc3ccccc32)CC1. The zero-order valence-electron chi connectivity index (χ0n) is 14.7. The maximum atomic E-state index is 13.0. The first kappa shape index (κ1) is 17.0. The zero-order chi connectivity index (χ0) is 16.9. The maximum absolute atomic E-state index is 13.0. The van der Waals surface area contributed by atoms with Crippen LogP contribution in [0.5, 0.6) is 0 Å². The van der Waals surface area contributed by atoms with E-state index in [1.165, 1.54) is 5.56 Å². The Morgan fingerprint density at radius 1 is 1.12 bits per heavy atom. The van der Waals surface area contributed by atoms with E-state index in [0.717, 1.165) is 63.8 Å². The number of aryl methyl sites for hydroxylation is 1. The Morgan fingerprint density at radius 3 is 2.62 bits per heavy atom. The van der Waals surface area contributed by atoms with Crippen molar-refractivity contribution in [3.8, 4) is 0 Å². The van der Waals surface area contributed by atoms with E-state index in [2.05, 4.69) is 19.1 Å². The van der Waals surface area contributed by atoms with E-state index in [9.17, 15) is 9.59 Å². The summed E-state index contributed by atoms with van der Waals surface area (Å²) in [4.78, 5) is 29.0. The van der Waals surface area contributed by atoms with E-state index in [1.807, 2.05) is 21.9 Å². The number of nitrogens with zero attached hydrogens (tertiary/aromatic N) is 2. The van der Waals surface area contributed by atoms with Gasteiger partial charge in [0, 0.05) is 37.7 Å². The van der Waals surface area contributed by atoms with Crippen LogP contribution in [0, 0.1) is 5.92 Å². The molecule has 2 amide bonds. The van der Waals surface area contributed by atoms with E-state index >= 15 is 0 Å². The highest BCUT2D eigenvalue weighted by atomic mass is 16.2. The molecule has 0 spiro atoms. The molecule has 1 aromatic carbocycles. The highest BCUT2D eigenvalue weighted by Crippen LogP contribution is 2.30. The number of piperidine rings is 1. The molecular weight excluding hydrogens is 300 g/mol. The summed E-state index contributed by atoms with van der Waals surface area (Å²) in [6, 6.07) is 8.26. The van der Waals surface area contributed by atoms with Crippen LogP contribution in [-0.2, 0) is 16.0 Å². The lowest BCUT2D eigenvalue weighted by Gasteiger charge is -2.36. The molecule has 0 atom stereocenters. The van der Waals surface area contributed by atoms with Crippen molar-refractivity contribution in [2.24, 2.45) is 5.92 Å². The van der Waals surface area contributed by atoms with Crippen LogP contribution in [0.1, 0.15) is 51.0 Å². The number of hydrogen-bond acceptors (Lipinski definition) is 2. The second kappa shape index (κ2) is 7.82. The van der Waals surface area contributed by atoms with E-state index in [-0.39, 0.29) is 17.7 Å². The smallest absolute Gasteiger partial charge is 0.230 e. The van der Waals surface area contributed by atoms with Crippen molar-refractivity contribution >= 4 is 17.5 Å². The van der Waals surface area contributed by atoms with Crippen LogP contribution in [0.25, 0.3) is 0 Å². The number of anilines is 1. The Balaban J connectivity index is 1.59. The topological polar surface area (TPSA) is 40.6 Å². The third-order valence-electron chi connectivity index (χ3n) is 5.32. The molecule has 0 N–H and O–H groups in total. The van der Waals surface area contributed by atoms with Gasteiger partial charge in [-0.05, 0) is 43.7 Å². The number of amides is 2. The van der Waals surface area contributed by atoms with E-state index < -0.39 is 0 Å². The van der Waals surface area contributed by atoms with Crippen molar-refractivity contribution < 1.29 is 9.59 Å². The molecule has 0 aliphatic carbocycles. The molecule has 24 heavy (non-hydrogen) atoms. The van der Waals surface area contributed by atoms with E-state index in [0.29, 0.717) is 6.42 Å². The van der Waals surface area contributed by atoms with Gasteiger partial charge in [0.05, 0.1) is 0 Å². The zero-order valence-corrected chi connectivity index (χ0v) is 14.7. The number of carbonyl (C=O) groups is 2. The fourth-order valence-corrected chi connectivity index (χ4v) is 3.84. The van der Waals surface area contributed by atoms with Gasteiger partial charge >= 0.3 is 0 Å². The number of fused-ring (bicyclic) bond motifs is 1. The van der Waals surface area contributed by atoms with E-state index in [1.54, 1.807) is 0 Å². The molecule has 4 nitrogen and oxygen atoms in total. The van der Waals surface area contributed by atoms with Crippen LogP contribution >= 0.6 is 0 Å². The molecule has 130 valence electrons. The Hall–Kier alpha value is -1.84. The Morgan fingerprint density at radius 2 is 1.88 bits per heavy atom.